The zero-order valence-electron chi connectivity index (χ0n) is 13.7. The topological polar surface area (TPSA) is 95.7 Å². The maximum absolute atomic E-state index is 13.4. The summed E-state index contributed by atoms with van der Waals surface area (Å²) in [7, 11) is 0. The molecule has 2 aromatic heterocycles. The van der Waals surface area contributed by atoms with Crippen molar-refractivity contribution >= 4 is 23.2 Å². The fourth-order valence-electron chi connectivity index (χ4n) is 2.17. The van der Waals surface area contributed by atoms with Crippen molar-refractivity contribution in [2.45, 2.75) is 12.4 Å². The molecular formula is C15H8ClF6N5O2. The highest BCUT2D eigenvalue weighted by Gasteiger charge is 2.39. The average molecular weight is 440 g/mol. The first kappa shape index (κ1) is 20.5. The van der Waals surface area contributed by atoms with Crippen molar-refractivity contribution < 1.29 is 31.1 Å². The Labute approximate surface area is 161 Å². The van der Waals surface area contributed by atoms with Crippen LogP contribution in [-0.4, -0.2) is 20.2 Å². The molecule has 3 aromatic rings. The van der Waals surface area contributed by atoms with Gasteiger partial charge in [0.2, 0.25) is 11.7 Å². The summed E-state index contributed by atoms with van der Waals surface area (Å²) < 4.78 is 83.8. The highest BCUT2D eigenvalue weighted by atomic mass is 35.5. The van der Waals surface area contributed by atoms with E-state index in [9.17, 15) is 31.1 Å². The number of H-pyrrole nitrogens is 2. The number of hydrogen-bond donors (Lipinski definition) is 3. The summed E-state index contributed by atoms with van der Waals surface area (Å²) in [4.78, 5) is 17.4. The smallest absolute Gasteiger partial charge is 0.437 e. The van der Waals surface area contributed by atoms with Crippen molar-refractivity contribution in [2.75, 3.05) is 5.32 Å². The maximum atomic E-state index is 13.4. The number of nitrogens with one attached hydrogen (secondary N) is 3. The van der Waals surface area contributed by atoms with Crippen LogP contribution in [0.25, 0.3) is 0 Å². The lowest BCUT2D eigenvalue weighted by Gasteiger charge is -2.15. The number of aromatic amines is 2. The average Bonchev–Trinajstić information content (AvgIpc) is 3.09. The molecule has 0 saturated carbocycles. The molecule has 0 bridgehead atoms. The van der Waals surface area contributed by atoms with Crippen LogP contribution in [0.2, 0.25) is 5.02 Å². The minimum atomic E-state index is -5.14. The summed E-state index contributed by atoms with van der Waals surface area (Å²) in [6.45, 7) is 0. The maximum Gasteiger partial charge on any atom is 0.437 e. The second-order valence-electron chi connectivity index (χ2n) is 5.44. The van der Waals surface area contributed by atoms with Crippen LogP contribution >= 0.6 is 11.6 Å². The largest absolute Gasteiger partial charge is 0.449 e. The number of rotatable bonds is 4. The van der Waals surface area contributed by atoms with Gasteiger partial charge in [-0.3, -0.25) is 14.9 Å². The number of benzene rings is 1. The van der Waals surface area contributed by atoms with Crippen molar-refractivity contribution in [1.82, 2.24) is 20.2 Å². The molecule has 29 heavy (non-hydrogen) atoms. The Hall–Kier alpha value is -3.22. The van der Waals surface area contributed by atoms with E-state index in [1.165, 1.54) is 12.4 Å². The molecule has 0 saturated heterocycles. The quantitative estimate of drug-likeness (QED) is 0.511. The zero-order chi connectivity index (χ0) is 21.4. The Morgan fingerprint density at radius 2 is 1.83 bits per heavy atom. The Morgan fingerprint density at radius 1 is 1.10 bits per heavy atom. The molecule has 3 rings (SSSR count). The van der Waals surface area contributed by atoms with Crippen LogP contribution in [0, 0.1) is 0 Å². The second-order valence-corrected chi connectivity index (χ2v) is 5.85. The summed E-state index contributed by atoms with van der Waals surface area (Å²) in [5.74, 6) is -2.59. The van der Waals surface area contributed by atoms with Crippen LogP contribution in [0.3, 0.4) is 0 Å². The first-order chi connectivity index (χ1) is 13.4. The lowest BCUT2D eigenvalue weighted by molar-refractivity contribution is -0.142. The molecule has 0 radical (unpaired) electrons. The van der Waals surface area contributed by atoms with Crippen molar-refractivity contribution in [2.24, 2.45) is 0 Å². The number of alkyl halides is 6. The summed E-state index contributed by atoms with van der Waals surface area (Å²) in [5.41, 5.74) is -4.26. The van der Waals surface area contributed by atoms with E-state index in [-0.39, 0.29) is 5.69 Å². The van der Waals surface area contributed by atoms with Gasteiger partial charge in [0.25, 0.3) is 5.56 Å². The molecule has 0 atom stereocenters. The van der Waals surface area contributed by atoms with Gasteiger partial charge in [0.15, 0.2) is 5.69 Å². The molecule has 14 heteroatoms. The van der Waals surface area contributed by atoms with E-state index in [4.69, 9.17) is 16.3 Å². The number of anilines is 2. The SMILES string of the molecule is O=c1[nH]c(Nc2cn[nH]c2)nc(C(F)(F)F)c1Oc1ccc(Cl)c(C(F)(F)F)c1. The molecule has 0 amide bonds. The normalized spacial score (nSPS) is 12.1. The van der Waals surface area contributed by atoms with E-state index in [2.05, 4.69) is 20.5 Å². The first-order valence-corrected chi connectivity index (χ1v) is 7.85. The van der Waals surface area contributed by atoms with Crippen LogP contribution in [0.1, 0.15) is 11.3 Å². The molecule has 154 valence electrons. The first-order valence-electron chi connectivity index (χ1n) is 7.47. The van der Waals surface area contributed by atoms with Gasteiger partial charge in [0.05, 0.1) is 22.5 Å². The highest BCUT2D eigenvalue weighted by Crippen LogP contribution is 2.39. The molecule has 7 nitrogen and oxygen atoms in total. The third-order valence-electron chi connectivity index (χ3n) is 3.37. The van der Waals surface area contributed by atoms with E-state index < -0.39 is 51.6 Å². The minimum absolute atomic E-state index is 0.197. The lowest BCUT2D eigenvalue weighted by atomic mass is 10.2. The van der Waals surface area contributed by atoms with Crippen LogP contribution in [0.5, 0.6) is 11.5 Å². The molecule has 0 aliphatic heterocycles. The summed E-state index contributed by atoms with van der Waals surface area (Å²) in [6.07, 6.45) is -7.53. The fourth-order valence-corrected chi connectivity index (χ4v) is 2.39. The summed E-state index contributed by atoms with van der Waals surface area (Å²) in [5, 5.41) is 7.65. The molecule has 2 heterocycles. The van der Waals surface area contributed by atoms with Gasteiger partial charge in [-0.25, -0.2) is 4.98 Å². The van der Waals surface area contributed by atoms with Crippen molar-refractivity contribution in [3.05, 3.63) is 57.2 Å². The van der Waals surface area contributed by atoms with Gasteiger partial charge in [-0.05, 0) is 18.2 Å². The van der Waals surface area contributed by atoms with Crippen LogP contribution < -0.4 is 15.6 Å². The molecule has 0 aliphatic carbocycles. The Morgan fingerprint density at radius 3 is 2.41 bits per heavy atom. The van der Waals surface area contributed by atoms with Crippen LogP contribution in [-0.2, 0) is 12.4 Å². The monoisotopic (exact) mass is 439 g/mol. The van der Waals surface area contributed by atoms with Gasteiger partial charge in [-0.1, -0.05) is 11.6 Å². The Kier molecular flexibility index (Phi) is 5.17. The molecule has 0 aliphatic rings. The lowest BCUT2D eigenvalue weighted by Crippen LogP contribution is -2.21. The van der Waals surface area contributed by atoms with Crippen molar-refractivity contribution in [3.8, 4) is 11.5 Å². The molecule has 3 N–H and O–H groups in total. The molecule has 1 aromatic carbocycles. The third kappa shape index (κ3) is 4.62. The van der Waals surface area contributed by atoms with E-state index in [0.717, 1.165) is 12.1 Å². The molecule has 0 unspecified atom stereocenters. The number of nitrogens with zero attached hydrogens (tertiary/aromatic N) is 2. The fraction of sp³-hybridized carbons (Fsp3) is 0.133. The molecule has 0 spiro atoms. The second kappa shape index (κ2) is 7.31. The van der Waals surface area contributed by atoms with E-state index >= 15 is 0 Å². The predicted molar refractivity (Wildman–Crippen MR) is 88.3 cm³/mol. The summed E-state index contributed by atoms with van der Waals surface area (Å²) >= 11 is 5.46. The summed E-state index contributed by atoms with van der Waals surface area (Å²) in [6, 6.07) is 2.04. The predicted octanol–water partition coefficient (Wildman–Crippen LogP) is 4.72. The Balaban J connectivity index is 2.04. The van der Waals surface area contributed by atoms with Gasteiger partial charge in [-0.15, -0.1) is 0 Å². The zero-order valence-corrected chi connectivity index (χ0v) is 14.5. The molecule has 0 fully saturated rings. The number of aromatic nitrogens is 4. The van der Waals surface area contributed by atoms with Gasteiger partial charge in [0.1, 0.15) is 5.75 Å². The van der Waals surface area contributed by atoms with Gasteiger partial charge >= 0.3 is 12.4 Å². The molecular weight excluding hydrogens is 432 g/mol. The third-order valence-corrected chi connectivity index (χ3v) is 3.70. The van der Waals surface area contributed by atoms with Crippen LogP contribution in [0.15, 0.2) is 35.4 Å². The number of ether oxygens (including phenoxy) is 1. The van der Waals surface area contributed by atoms with Gasteiger partial charge in [-0.2, -0.15) is 31.4 Å². The number of hydrogen-bond acceptors (Lipinski definition) is 5. The van der Waals surface area contributed by atoms with Gasteiger partial charge in [0, 0.05) is 6.20 Å². The highest BCUT2D eigenvalue weighted by molar-refractivity contribution is 6.31. The van der Waals surface area contributed by atoms with Crippen molar-refractivity contribution in [1.29, 1.82) is 0 Å². The van der Waals surface area contributed by atoms with Gasteiger partial charge < -0.3 is 10.1 Å². The van der Waals surface area contributed by atoms with E-state index in [1.54, 1.807) is 0 Å². The Bertz CT molecular complexity index is 1080. The van der Waals surface area contributed by atoms with Crippen molar-refractivity contribution in [3.63, 3.8) is 0 Å². The standard InChI is InChI=1S/C15H8ClF6N5O2/c16-9-2-1-7(3-8(9)14(17,18)19)29-10-11(15(20,21)22)26-13(27-12(10)28)25-6-4-23-24-5-6/h1-5H,(H,23,24)(H2,25,26,27,28). The number of halogens is 7. The van der Waals surface area contributed by atoms with E-state index in [1.807, 2.05) is 4.98 Å². The minimum Gasteiger partial charge on any atom is -0.449 e. The van der Waals surface area contributed by atoms with Crippen LogP contribution in [0.4, 0.5) is 38.0 Å². The van der Waals surface area contributed by atoms with E-state index in [0.29, 0.717) is 6.07 Å².